The Kier molecular flexibility index (Phi) is 10.00. The molecule has 0 spiro atoms. The van der Waals surface area contributed by atoms with Crippen LogP contribution in [0.1, 0.15) is 66.2 Å². The number of nitrogens with one attached hydrogen (secondary N) is 2. The van der Waals surface area contributed by atoms with Gasteiger partial charge in [0.25, 0.3) is 5.91 Å². The van der Waals surface area contributed by atoms with Crippen LogP contribution in [0.4, 0.5) is 0 Å². The summed E-state index contributed by atoms with van der Waals surface area (Å²) in [6.07, 6.45) is 3.14. The van der Waals surface area contributed by atoms with E-state index in [1.165, 1.54) is 39.4 Å². The van der Waals surface area contributed by atoms with Crippen LogP contribution in [0.5, 0.6) is 0 Å². The Labute approximate surface area is 225 Å². The second-order valence-corrected chi connectivity index (χ2v) is 12.7. The van der Waals surface area contributed by atoms with Crippen molar-refractivity contribution < 1.29 is 39.2 Å². The van der Waals surface area contributed by atoms with Crippen molar-refractivity contribution in [3.05, 3.63) is 12.2 Å². The van der Waals surface area contributed by atoms with E-state index in [2.05, 4.69) is 10.6 Å². The number of aliphatic hydroxyl groups is 3. The van der Waals surface area contributed by atoms with Gasteiger partial charge in [0.05, 0.1) is 12.0 Å². The van der Waals surface area contributed by atoms with Crippen LogP contribution >= 0.6 is 0 Å². The Morgan fingerprint density at radius 1 is 0.974 bits per heavy atom. The van der Waals surface area contributed by atoms with Gasteiger partial charge in [0.1, 0.15) is 31.0 Å². The van der Waals surface area contributed by atoms with Crippen LogP contribution in [-0.4, -0.2) is 83.8 Å². The van der Waals surface area contributed by atoms with Crippen LogP contribution in [0.15, 0.2) is 12.2 Å². The third kappa shape index (κ3) is 7.55. The van der Waals surface area contributed by atoms with Gasteiger partial charge >= 0.3 is 5.97 Å². The summed E-state index contributed by atoms with van der Waals surface area (Å²) in [5.41, 5.74) is -0.601. The lowest BCUT2D eigenvalue weighted by atomic mass is 9.49. The molecule has 10 nitrogen and oxygen atoms in total. The van der Waals surface area contributed by atoms with Gasteiger partial charge in [-0.25, -0.2) is 0 Å². The van der Waals surface area contributed by atoms with Crippen molar-refractivity contribution in [2.75, 3.05) is 20.3 Å². The van der Waals surface area contributed by atoms with E-state index < -0.39 is 42.3 Å². The topological polar surface area (TPSA) is 154 Å². The van der Waals surface area contributed by atoms with Crippen LogP contribution in [0.3, 0.4) is 0 Å². The second kappa shape index (κ2) is 12.4. The van der Waals surface area contributed by atoms with Crippen LogP contribution < -0.4 is 10.6 Å². The number of allylic oxidation sites excluding steroid dienone is 1. The summed E-state index contributed by atoms with van der Waals surface area (Å²) >= 11 is 0. The molecule has 5 atom stereocenters. The minimum atomic E-state index is -1.74. The number of amides is 2. The van der Waals surface area contributed by atoms with Crippen LogP contribution in [-0.2, 0) is 23.9 Å². The number of carbonyl (C=O) groups excluding carboxylic acids is 3. The Bertz CT molecular complexity index is 847. The summed E-state index contributed by atoms with van der Waals surface area (Å²) in [5, 5.41) is 36.0. The van der Waals surface area contributed by atoms with Crippen molar-refractivity contribution in [1.29, 1.82) is 0 Å². The Morgan fingerprint density at radius 2 is 1.53 bits per heavy atom. The minimum Gasteiger partial charge on any atom is -0.463 e. The van der Waals surface area contributed by atoms with E-state index in [9.17, 15) is 29.7 Å². The molecule has 0 aromatic heterocycles. The standard InChI is InChI=1S/C28H46N2O8/c1-16(30-25(35)23(37-5)22(33)21(32)20(31)6-7-27(2,3)4)24(34)29-8-9-38-26(36)28-13-17-10-18(14-28)12-19(11-17)15-28/h6-7,16-23,31-33H,8-15H2,1-5H3,(H,29,34)(H,30,35)/b7-6+/t16-,17?,18?,19?,20+,21-,22+,23+,28?/m0/s1. The van der Waals surface area contributed by atoms with Crippen LogP contribution in [0.25, 0.3) is 0 Å². The Balaban J connectivity index is 1.41. The molecule has 2 amide bonds. The van der Waals surface area contributed by atoms with Gasteiger partial charge in [-0.15, -0.1) is 0 Å². The number of carbonyl (C=O) groups is 3. The molecule has 216 valence electrons. The first-order valence-electron chi connectivity index (χ1n) is 13.8. The molecule has 4 fully saturated rings. The molecule has 0 aromatic carbocycles. The molecule has 10 heteroatoms. The first-order chi connectivity index (χ1) is 17.7. The monoisotopic (exact) mass is 538 g/mol. The zero-order chi connectivity index (χ0) is 28.3. The summed E-state index contributed by atoms with van der Waals surface area (Å²) in [6, 6.07) is -0.978. The summed E-state index contributed by atoms with van der Waals surface area (Å²) in [5.74, 6) is 0.441. The van der Waals surface area contributed by atoms with Crippen molar-refractivity contribution in [2.24, 2.45) is 28.6 Å². The van der Waals surface area contributed by atoms with E-state index in [0.717, 1.165) is 19.3 Å². The lowest BCUT2D eigenvalue weighted by Crippen LogP contribution is -2.55. The molecular formula is C28H46N2O8. The maximum Gasteiger partial charge on any atom is 0.312 e. The van der Waals surface area contributed by atoms with E-state index in [-0.39, 0.29) is 30.0 Å². The molecule has 4 aliphatic carbocycles. The van der Waals surface area contributed by atoms with Gasteiger partial charge in [-0.1, -0.05) is 32.9 Å². The second-order valence-electron chi connectivity index (χ2n) is 12.7. The van der Waals surface area contributed by atoms with Gasteiger partial charge in [0, 0.05) is 7.11 Å². The molecule has 0 radical (unpaired) electrons. The van der Waals surface area contributed by atoms with Crippen molar-refractivity contribution >= 4 is 17.8 Å². The molecule has 0 unspecified atom stereocenters. The summed E-state index contributed by atoms with van der Waals surface area (Å²) in [4.78, 5) is 38.0. The number of hydrogen-bond donors (Lipinski definition) is 5. The first kappa shape index (κ1) is 30.5. The quantitative estimate of drug-likeness (QED) is 0.140. The molecule has 5 N–H and O–H groups in total. The van der Waals surface area contributed by atoms with E-state index in [1.807, 2.05) is 20.8 Å². The largest absolute Gasteiger partial charge is 0.463 e. The normalized spacial score (nSPS) is 30.4. The highest BCUT2D eigenvalue weighted by Crippen LogP contribution is 2.60. The smallest absolute Gasteiger partial charge is 0.312 e. The fourth-order valence-corrected chi connectivity index (χ4v) is 6.63. The summed E-state index contributed by atoms with van der Waals surface area (Å²) < 4.78 is 10.6. The van der Waals surface area contributed by atoms with Gasteiger partial charge < -0.3 is 35.4 Å². The Hall–Kier alpha value is -2.01. The predicted octanol–water partition coefficient (Wildman–Crippen LogP) is 1.07. The molecular weight excluding hydrogens is 492 g/mol. The maximum absolute atomic E-state index is 12.9. The van der Waals surface area contributed by atoms with Gasteiger partial charge in [0.15, 0.2) is 6.10 Å². The third-order valence-corrected chi connectivity index (χ3v) is 8.17. The average Bonchev–Trinajstić information content (AvgIpc) is 2.83. The number of methoxy groups -OCH3 is 1. The van der Waals surface area contributed by atoms with E-state index in [0.29, 0.717) is 17.8 Å². The third-order valence-electron chi connectivity index (χ3n) is 8.17. The fourth-order valence-electron chi connectivity index (χ4n) is 6.63. The molecule has 4 saturated carbocycles. The molecule has 0 aliphatic heterocycles. The average molecular weight is 539 g/mol. The number of rotatable bonds is 12. The van der Waals surface area contributed by atoms with Gasteiger partial charge in [0.2, 0.25) is 5.91 Å². The predicted molar refractivity (Wildman–Crippen MR) is 140 cm³/mol. The molecule has 4 bridgehead atoms. The van der Waals surface area contributed by atoms with E-state index in [1.54, 1.807) is 6.08 Å². The lowest BCUT2D eigenvalue weighted by Gasteiger charge is -2.55. The van der Waals surface area contributed by atoms with Crippen molar-refractivity contribution in [3.8, 4) is 0 Å². The summed E-state index contributed by atoms with van der Waals surface area (Å²) in [7, 11) is 1.18. The van der Waals surface area contributed by atoms with E-state index >= 15 is 0 Å². The minimum absolute atomic E-state index is 0.0541. The summed E-state index contributed by atoms with van der Waals surface area (Å²) in [6.45, 7) is 7.35. The molecule has 4 rings (SSSR count). The molecule has 4 aliphatic rings. The fraction of sp³-hybridized carbons (Fsp3) is 0.821. The number of aliphatic hydroxyl groups excluding tert-OH is 3. The molecule has 38 heavy (non-hydrogen) atoms. The first-order valence-corrected chi connectivity index (χ1v) is 13.8. The van der Waals surface area contributed by atoms with E-state index in [4.69, 9.17) is 9.47 Å². The van der Waals surface area contributed by atoms with Crippen LogP contribution in [0.2, 0.25) is 0 Å². The molecule has 0 saturated heterocycles. The zero-order valence-corrected chi connectivity index (χ0v) is 23.3. The van der Waals surface area contributed by atoms with Crippen molar-refractivity contribution in [1.82, 2.24) is 10.6 Å². The van der Waals surface area contributed by atoms with Crippen molar-refractivity contribution in [3.63, 3.8) is 0 Å². The highest BCUT2D eigenvalue weighted by Gasteiger charge is 2.55. The molecule has 0 heterocycles. The van der Waals surface area contributed by atoms with Crippen molar-refractivity contribution in [2.45, 2.75) is 96.7 Å². The van der Waals surface area contributed by atoms with Gasteiger partial charge in [-0.05, 0) is 68.6 Å². The van der Waals surface area contributed by atoms with Gasteiger partial charge in [-0.3, -0.25) is 14.4 Å². The zero-order valence-electron chi connectivity index (χ0n) is 23.3. The number of hydrogen-bond acceptors (Lipinski definition) is 8. The maximum atomic E-state index is 12.9. The molecule has 0 aromatic rings. The number of esters is 1. The van der Waals surface area contributed by atoms with Gasteiger partial charge in [-0.2, -0.15) is 0 Å². The highest BCUT2D eigenvalue weighted by atomic mass is 16.5. The lowest BCUT2D eigenvalue weighted by molar-refractivity contribution is -0.171. The SMILES string of the molecule is CO[C@@H](C(=O)N[C@@H](C)C(=O)NCCOC(=O)C12CC3CC(CC(C3)C1)C2)[C@H](O)[C@@H](O)[C@H](O)/C=C/C(C)(C)C. The van der Waals surface area contributed by atoms with Crippen LogP contribution in [0, 0.1) is 28.6 Å². The number of ether oxygens (including phenoxy) is 2. The Morgan fingerprint density at radius 3 is 2.03 bits per heavy atom. The highest BCUT2D eigenvalue weighted by molar-refractivity contribution is 5.89.